The molecule has 0 atom stereocenters. The van der Waals surface area contributed by atoms with Crippen LogP contribution in [0.5, 0.6) is 0 Å². The average Bonchev–Trinajstić information content (AvgIpc) is 3.51. The van der Waals surface area contributed by atoms with Gasteiger partial charge in [-0.25, -0.2) is 0 Å². The van der Waals surface area contributed by atoms with Gasteiger partial charge in [-0.3, -0.25) is 0 Å². The Hall–Kier alpha value is -6.38. The number of fused-ring (bicyclic) bond motifs is 4. The summed E-state index contributed by atoms with van der Waals surface area (Å²) >= 11 is 0. The molecule has 0 amide bonds. The zero-order valence-electron chi connectivity index (χ0n) is 33.8. The van der Waals surface area contributed by atoms with Crippen molar-refractivity contribution in [2.45, 2.75) is 57.3 Å². The van der Waals surface area contributed by atoms with Gasteiger partial charge in [-0.1, -0.05) is 148 Å². The molecule has 284 valence electrons. The Kier molecular flexibility index (Phi) is 9.02. The van der Waals surface area contributed by atoms with Crippen LogP contribution in [-0.2, 0) is 10.8 Å². The molecule has 0 radical (unpaired) electrons. The maximum absolute atomic E-state index is 2.43. The Morgan fingerprint density at radius 3 is 1.60 bits per heavy atom. The lowest BCUT2D eigenvalue weighted by Crippen LogP contribution is -2.32. The molecule has 0 N–H and O–H groups in total. The van der Waals surface area contributed by atoms with Crippen LogP contribution in [0.3, 0.4) is 0 Å². The molecule has 0 saturated heterocycles. The molecule has 0 unspecified atom stereocenters. The highest BCUT2D eigenvalue weighted by Crippen LogP contribution is 2.52. The highest BCUT2D eigenvalue weighted by atomic mass is 15.1. The van der Waals surface area contributed by atoms with Crippen molar-refractivity contribution in [3.8, 4) is 11.1 Å². The molecule has 58 heavy (non-hydrogen) atoms. The first-order valence-electron chi connectivity index (χ1n) is 21.0. The van der Waals surface area contributed by atoms with Crippen LogP contribution in [0.4, 0.5) is 34.1 Å². The van der Waals surface area contributed by atoms with E-state index >= 15 is 0 Å². The van der Waals surface area contributed by atoms with Crippen LogP contribution >= 0.6 is 0 Å². The van der Waals surface area contributed by atoms with Crippen LogP contribution in [0.1, 0.15) is 68.7 Å². The molecule has 0 bridgehead atoms. The van der Waals surface area contributed by atoms with Crippen molar-refractivity contribution in [1.29, 1.82) is 0 Å². The first-order chi connectivity index (χ1) is 28.4. The van der Waals surface area contributed by atoms with Crippen LogP contribution in [0.2, 0.25) is 0 Å². The van der Waals surface area contributed by atoms with E-state index in [2.05, 4.69) is 225 Å². The van der Waals surface area contributed by atoms with Crippen molar-refractivity contribution in [1.82, 2.24) is 0 Å². The lowest BCUT2D eigenvalue weighted by atomic mass is 9.63. The predicted molar refractivity (Wildman–Crippen MR) is 246 cm³/mol. The SMILES string of the molecule is CC1CCC(c2ccc(N(c3ccccc3)c3ccc4c(c3)C(C)(C)c3ccccc3-4)cc2)(c2ccc(N(c3ccccc3)c3cccc4ccccc34)cc2)CC1. The van der Waals surface area contributed by atoms with E-state index in [9.17, 15) is 0 Å². The summed E-state index contributed by atoms with van der Waals surface area (Å²) in [7, 11) is 0. The maximum Gasteiger partial charge on any atom is 0.0540 e. The third-order valence-electron chi connectivity index (χ3n) is 13.3. The molecule has 2 heteroatoms. The lowest BCUT2D eigenvalue weighted by Gasteiger charge is -2.41. The minimum absolute atomic E-state index is 0.0540. The number of nitrogens with zero attached hydrogens (tertiary/aromatic N) is 2. The molecule has 0 aromatic heterocycles. The van der Waals surface area contributed by atoms with Crippen molar-refractivity contribution >= 4 is 44.9 Å². The quantitative estimate of drug-likeness (QED) is 0.153. The minimum Gasteiger partial charge on any atom is -0.310 e. The van der Waals surface area contributed by atoms with E-state index in [0.29, 0.717) is 0 Å². The molecule has 1 fully saturated rings. The molecule has 0 heterocycles. The Labute approximate surface area is 344 Å². The van der Waals surface area contributed by atoms with Gasteiger partial charge in [0, 0.05) is 44.7 Å². The molecule has 10 rings (SSSR count). The Morgan fingerprint density at radius 2 is 0.931 bits per heavy atom. The topological polar surface area (TPSA) is 6.48 Å². The standard InChI is InChI=1S/C56H50N2/c1-40-35-37-56(38-36-40,43-27-31-47(32-28-43)58(45-19-8-5-9-20-45)54-24-14-16-41-15-10-11-21-49(41)54)42-25-29-46(30-26-42)57(44-17-6-4-7-18-44)48-33-34-51-50-22-12-13-23-52(50)55(2,3)53(51)39-48/h4-34,39-40H,35-38H2,1-3H3. The summed E-state index contributed by atoms with van der Waals surface area (Å²) in [5, 5.41) is 2.49. The Morgan fingerprint density at radius 1 is 0.431 bits per heavy atom. The summed E-state index contributed by atoms with van der Waals surface area (Å²) < 4.78 is 0. The summed E-state index contributed by atoms with van der Waals surface area (Å²) in [6.07, 6.45) is 4.72. The fourth-order valence-electron chi connectivity index (χ4n) is 10.1. The number of anilines is 6. The normalized spacial score (nSPS) is 18.0. The molecular formula is C56H50N2. The molecule has 2 nitrogen and oxygen atoms in total. The monoisotopic (exact) mass is 750 g/mol. The zero-order valence-corrected chi connectivity index (χ0v) is 33.8. The van der Waals surface area contributed by atoms with E-state index in [4.69, 9.17) is 0 Å². The molecule has 2 aliphatic rings. The predicted octanol–water partition coefficient (Wildman–Crippen LogP) is 15.6. The molecular weight excluding hydrogens is 701 g/mol. The van der Waals surface area contributed by atoms with Crippen molar-refractivity contribution in [2.75, 3.05) is 9.80 Å². The largest absolute Gasteiger partial charge is 0.310 e. The number of rotatable bonds is 8. The van der Waals surface area contributed by atoms with Gasteiger partial charge in [0.2, 0.25) is 0 Å². The Balaban J connectivity index is 1.03. The van der Waals surface area contributed by atoms with Crippen LogP contribution in [0, 0.1) is 5.92 Å². The average molecular weight is 751 g/mol. The van der Waals surface area contributed by atoms with E-state index in [1.54, 1.807) is 0 Å². The molecule has 1 saturated carbocycles. The van der Waals surface area contributed by atoms with Crippen LogP contribution in [-0.4, -0.2) is 0 Å². The summed E-state index contributed by atoms with van der Waals surface area (Å²) in [5.74, 6) is 0.732. The van der Waals surface area contributed by atoms with Crippen molar-refractivity contribution in [3.63, 3.8) is 0 Å². The summed E-state index contributed by atoms with van der Waals surface area (Å²) in [4.78, 5) is 4.84. The maximum atomic E-state index is 2.43. The minimum atomic E-state index is -0.0682. The third-order valence-corrected chi connectivity index (χ3v) is 13.3. The van der Waals surface area contributed by atoms with E-state index < -0.39 is 0 Å². The van der Waals surface area contributed by atoms with Gasteiger partial charge in [0.25, 0.3) is 0 Å². The van der Waals surface area contributed by atoms with Gasteiger partial charge >= 0.3 is 0 Å². The Bertz CT molecular complexity index is 2700. The number of hydrogen-bond donors (Lipinski definition) is 0. The van der Waals surface area contributed by atoms with Crippen LogP contribution < -0.4 is 9.80 Å². The second kappa shape index (κ2) is 14.5. The van der Waals surface area contributed by atoms with Gasteiger partial charge in [-0.05, 0) is 137 Å². The fraction of sp³-hybridized carbons (Fsp3) is 0.179. The van der Waals surface area contributed by atoms with Gasteiger partial charge in [-0.2, -0.15) is 0 Å². The van der Waals surface area contributed by atoms with Crippen LogP contribution in [0.25, 0.3) is 21.9 Å². The smallest absolute Gasteiger partial charge is 0.0540 e. The highest BCUT2D eigenvalue weighted by molar-refractivity contribution is 5.99. The van der Waals surface area contributed by atoms with Crippen molar-refractivity contribution in [3.05, 3.63) is 216 Å². The number of hydrogen-bond acceptors (Lipinski definition) is 2. The van der Waals surface area contributed by atoms with Crippen molar-refractivity contribution in [2.24, 2.45) is 5.92 Å². The second-order valence-electron chi connectivity index (χ2n) is 17.1. The van der Waals surface area contributed by atoms with E-state index in [0.717, 1.165) is 30.1 Å². The van der Waals surface area contributed by atoms with Gasteiger partial charge in [0.05, 0.1) is 5.69 Å². The molecule has 8 aromatic carbocycles. The van der Waals surface area contributed by atoms with Crippen LogP contribution in [0.15, 0.2) is 194 Å². The first-order valence-corrected chi connectivity index (χ1v) is 21.0. The number of para-hydroxylation sites is 2. The molecule has 8 aromatic rings. The highest BCUT2D eigenvalue weighted by Gasteiger charge is 2.38. The second-order valence-corrected chi connectivity index (χ2v) is 17.1. The van der Waals surface area contributed by atoms with Crippen molar-refractivity contribution < 1.29 is 0 Å². The van der Waals surface area contributed by atoms with Gasteiger partial charge in [0.1, 0.15) is 0 Å². The summed E-state index contributed by atoms with van der Waals surface area (Å²) in [5.41, 5.74) is 15.2. The van der Waals surface area contributed by atoms with Gasteiger partial charge in [-0.15, -0.1) is 0 Å². The summed E-state index contributed by atoms with van der Waals surface area (Å²) in [6.45, 7) is 7.15. The van der Waals surface area contributed by atoms with Gasteiger partial charge in [0.15, 0.2) is 0 Å². The first kappa shape index (κ1) is 36.0. The molecule has 0 aliphatic heterocycles. The van der Waals surface area contributed by atoms with E-state index in [1.807, 2.05) is 0 Å². The van der Waals surface area contributed by atoms with Gasteiger partial charge < -0.3 is 9.80 Å². The zero-order chi connectivity index (χ0) is 39.3. The summed E-state index contributed by atoms with van der Waals surface area (Å²) in [6, 6.07) is 72.0. The molecule has 0 spiro atoms. The number of benzene rings is 8. The lowest BCUT2D eigenvalue weighted by molar-refractivity contribution is 0.280. The fourth-order valence-corrected chi connectivity index (χ4v) is 10.1. The third kappa shape index (κ3) is 6.10. The molecule has 2 aliphatic carbocycles. The van der Waals surface area contributed by atoms with E-state index in [-0.39, 0.29) is 10.8 Å². The van der Waals surface area contributed by atoms with E-state index in [1.165, 1.54) is 79.7 Å².